The summed E-state index contributed by atoms with van der Waals surface area (Å²) in [7, 11) is 2.19. The lowest BCUT2D eigenvalue weighted by molar-refractivity contribution is -0.00389. The summed E-state index contributed by atoms with van der Waals surface area (Å²) in [5.74, 6) is 0. The third kappa shape index (κ3) is 18.5. The Hall–Kier alpha value is -0.240. The molecule has 0 aromatic rings. The molecule has 6 heteroatoms. The van der Waals surface area contributed by atoms with Crippen LogP contribution in [0.5, 0.6) is 0 Å². The Kier molecular flexibility index (Phi) is 20.9. The van der Waals surface area contributed by atoms with Crippen molar-refractivity contribution in [1.82, 2.24) is 24.5 Å². The first-order chi connectivity index (χ1) is 18.3. The lowest BCUT2D eigenvalue weighted by Crippen LogP contribution is -2.52. The van der Waals surface area contributed by atoms with Gasteiger partial charge in [-0.25, -0.2) is 0 Å². The number of morpholine rings is 1. The number of likely N-dealkylation sites (tertiary alicyclic amines) is 2. The van der Waals surface area contributed by atoms with E-state index in [0.29, 0.717) is 22.2 Å². The largest absolute Gasteiger partial charge is 0.379 e. The smallest absolute Gasteiger partial charge is 0.0594 e. The Morgan fingerprint density at radius 1 is 0.357 bits per heavy atom. The van der Waals surface area contributed by atoms with Gasteiger partial charge in [-0.3, -0.25) is 19.6 Å². The Morgan fingerprint density at radius 2 is 0.619 bits per heavy atom. The van der Waals surface area contributed by atoms with E-state index in [1.807, 2.05) is 0 Å². The van der Waals surface area contributed by atoms with E-state index < -0.39 is 0 Å². The first-order valence-electron chi connectivity index (χ1n) is 16.6. The van der Waals surface area contributed by atoms with Gasteiger partial charge in [0.25, 0.3) is 0 Å². The zero-order valence-corrected chi connectivity index (χ0v) is 29.7. The molecule has 4 rings (SSSR count). The minimum atomic E-state index is 0. The van der Waals surface area contributed by atoms with Gasteiger partial charge in [0.1, 0.15) is 0 Å². The lowest BCUT2D eigenvalue weighted by Gasteiger charge is -2.41. The van der Waals surface area contributed by atoms with Crippen LogP contribution < -0.4 is 0 Å². The summed E-state index contributed by atoms with van der Waals surface area (Å²) in [6.45, 7) is 41.5. The molecule has 6 nitrogen and oxygen atoms in total. The summed E-state index contributed by atoms with van der Waals surface area (Å²) in [6.07, 6.45) is 7.04. The molecule has 0 amide bonds. The summed E-state index contributed by atoms with van der Waals surface area (Å²) in [6, 6.07) is 0. The van der Waals surface area contributed by atoms with Crippen molar-refractivity contribution in [3.63, 3.8) is 0 Å². The highest BCUT2D eigenvalue weighted by molar-refractivity contribution is 4.82. The number of piperidine rings is 1. The van der Waals surface area contributed by atoms with Crippen molar-refractivity contribution in [2.24, 2.45) is 0 Å². The molecule has 0 aliphatic carbocycles. The number of ether oxygens (including phenoxy) is 1. The maximum absolute atomic E-state index is 5.25. The monoisotopic (exact) mass is 600 g/mol. The van der Waals surface area contributed by atoms with Crippen molar-refractivity contribution >= 4 is 0 Å². The number of piperazine rings is 1. The molecule has 0 bridgehead atoms. The first kappa shape index (κ1) is 43.9. The summed E-state index contributed by atoms with van der Waals surface area (Å²) < 4.78 is 5.25. The predicted molar refractivity (Wildman–Crippen MR) is 190 cm³/mol. The van der Waals surface area contributed by atoms with E-state index in [4.69, 9.17) is 4.74 Å². The molecule has 42 heavy (non-hydrogen) atoms. The molecule has 0 radical (unpaired) electrons. The highest BCUT2D eigenvalue weighted by atomic mass is 16.5. The van der Waals surface area contributed by atoms with Crippen molar-refractivity contribution in [3.05, 3.63) is 0 Å². The zero-order chi connectivity index (χ0) is 30.6. The molecule has 0 spiro atoms. The van der Waals surface area contributed by atoms with Crippen LogP contribution in [0, 0.1) is 0 Å². The maximum Gasteiger partial charge on any atom is 0.0594 e. The van der Waals surface area contributed by atoms with Crippen molar-refractivity contribution in [3.8, 4) is 0 Å². The fourth-order valence-electron chi connectivity index (χ4n) is 5.66. The van der Waals surface area contributed by atoms with Gasteiger partial charge in [-0.1, -0.05) is 21.3 Å². The summed E-state index contributed by atoms with van der Waals surface area (Å²) >= 11 is 0. The van der Waals surface area contributed by atoms with Gasteiger partial charge in [-0.2, -0.15) is 0 Å². The molecule has 4 fully saturated rings. The van der Waals surface area contributed by atoms with E-state index in [1.165, 1.54) is 84.5 Å². The van der Waals surface area contributed by atoms with Gasteiger partial charge in [0.2, 0.25) is 0 Å². The standard InChI is InChI=1S/C9H20N2.C9H19N.C8H17NO.C8H17N.2CH4/c1-9(2,3)11-7-5-10(4)6-8-11;1-9(2,3)10-7-5-4-6-8-10;1-8(2,3)9-4-6-10-7-5-9;1-8(2,3)9-6-4-5-7-9;;/h5-8H2,1-4H3;4-8H2,1-3H3;4-7H2,1-3H3;4-7H2,1-3H3;2*1H4. The fourth-order valence-corrected chi connectivity index (χ4v) is 5.66. The quantitative estimate of drug-likeness (QED) is 0.285. The molecule has 256 valence electrons. The Morgan fingerprint density at radius 3 is 0.881 bits per heavy atom. The third-order valence-electron chi connectivity index (χ3n) is 8.77. The van der Waals surface area contributed by atoms with Gasteiger partial charge >= 0.3 is 0 Å². The lowest BCUT2D eigenvalue weighted by atomic mass is 10.0. The molecular weight excluding hydrogens is 518 g/mol. The topological polar surface area (TPSA) is 25.4 Å². The van der Waals surface area contributed by atoms with Crippen LogP contribution in [-0.2, 0) is 4.74 Å². The second kappa shape index (κ2) is 20.0. The molecule has 4 heterocycles. The number of hydrogen-bond donors (Lipinski definition) is 0. The second-order valence-corrected chi connectivity index (χ2v) is 16.3. The van der Waals surface area contributed by atoms with Gasteiger partial charge in [0.05, 0.1) is 13.2 Å². The molecule has 4 aliphatic rings. The third-order valence-corrected chi connectivity index (χ3v) is 8.77. The summed E-state index contributed by atoms with van der Waals surface area (Å²) in [5, 5.41) is 0. The summed E-state index contributed by atoms with van der Waals surface area (Å²) in [5.41, 5.74) is 1.50. The summed E-state index contributed by atoms with van der Waals surface area (Å²) in [4.78, 5) is 12.5. The van der Waals surface area contributed by atoms with Gasteiger partial charge in [0.15, 0.2) is 0 Å². The van der Waals surface area contributed by atoms with E-state index in [-0.39, 0.29) is 14.9 Å². The normalized spacial score (nSPS) is 22.2. The minimum Gasteiger partial charge on any atom is -0.379 e. The minimum absolute atomic E-state index is 0. The van der Waals surface area contributed by atoms with Crippen LogP contribution in [0.1, 0.15) is 130 Å². The highest BCUT2D eigenvalue weighted by Gasteiger charge is 2.25. The molecule has 0 aromatic carbocycles. The molecule has 4 aliphatic heterocycles. The molecular formula is C36H81N5O. The molecule has 0 N–H and O–H groups in total. The van der Waals surface area contributed by atoms with Gasteiger partial charge in [-0.05, 0) is 142 Å². The van der Waals surface area contributed by atoms with E-state index in [9.17, 15) is 0 Å². The van der Waals surface area contributed by atoms with Crippen LogP contribution in [0.4, 0.5) is 0 Å². The van der Waals surface area contributed by atoms with E-state index in [1.54, 1.807) is 0 Å². The van der Waals surface area contributed by atoms with Gasteiger partial charge in [-0.15, -0.1) is 0 Å². The van der Waals surface area contributed by atoms with E-state index in [0.717, 1.165) is 26.3 Å². The van der Waals surface area contributed by atoms with E-state index >= 15 is 0 Å². The molecule has 4 saturated heterocycles. The van der Waals surface area contributed by atoms with Crippen molar-refractivity contribution < 1.29 is 4.74 Å². The van der Waals surface area contributed by atoms with Crippen molar-refractivity contribution in [2.75, 3.05) is 85.7 Å². The number of nitrogens with zero attached hydrogens (tertiary/aromatic N) is 5. The fraction of sp³-hybridized carbons (Fsp3) is 1.00. The van der Waals surface area contributed by atoms with E-state index in [2.05, 4.69) is 115 Å². The number of rotatable bonds is 0. The molecule has 0 unspecified atom stereocenters. The van der Waals surface area contributed by atoms with Crippen LogP contribution in [0.25, 0.3) is 0 Å². The Balaban J connectivity index is 0. The van der Waals surface area contributed by atoms with Gasteiger partial charge < -0.3 is 9.64 Å². The average Bonchev–Trinajstić information content (AvgIpc) is 3.41. The van der Waals surface area contributed by atoms with Crippen molar-refractivity contribution in [1.29, 1.82) is 0 Å². The second-order valence-electron chi connectivity index (χ2n) is 16.3. The highest BCUT2D eigenvalue weighted by Crippen LogP contribution is 2.20. The zero-order valence-electron chi connectivity index (χ0n) is 29.7. The average molecular weight is 600 g/mol. The number of likely N-dealkylation sites (N-methyl/N-ethyl adjacent to an activating group) is 1. The molecule has 0 saturated carbocycles. The SMILES string of the molecule is C.C.CC(C)(C)N1CCCC1.CC(C)(C)N1CCCCC1.CC(C)(C)N1CCOCC1.CN1CCN(C(C)(C)C)CC1. The van der Waals surface area contributed by atoms with Crippen LogP contribution in [0.15, 0.2) is 0 Å². The van der Waals surface area contributed by atoms with Crippen LogP contribution in [0.2, 0.25) is 0 Å². The van der Waals surface area contributed by atoms with Crippen LogP contribution >= 0.6 is 0 Å². The van der Waals surface area contributed by atoms with Crippen LogP contribution in [-0.4, -0.2) is 132 Å². The maximum atomic E-state index is 5.25. The van der Waals surface area contributed by atoms with Crippen LogP contribution in [0.3, 0.4) is 0 Å². The number of hydrogen-bond acceptors (Lipinski definition) is 6. The Bertz CT molecular complexity index is 602. The van der Waals surface area contributed by atoms with Crippen molar-refractivity contribution in [2.45, 2.75) is 152 Å². The molecule has 0 atom stereocenters. The first-order valence-corrected chi connectivity index (χ1v) is 16.6. The van der Waals surface area contributed by atoms with Gasteiger partial charge in [0, 0.05) is 61.4 Å². The predicted octanol–water partition coefficient (Wildman–Crippen LogP) is 7.57. The Labute approximate surface area is 266 Å². The molecule has 0 aromatic heterocycles.